The molecule has 0 aliphatic heterocycles. The molecule has 1 aliphatic rings. The molecule has 0 bridgehead atoms. The monoisotopic (exact) mass is 330 g/mol. The Hall–Kier alpha value is -0.990. The van der Waals surface area contributed by atoms with Crippen molar-refractivity contribution in [2.75, 3.05) is 0 Å². The topological polar surface area (TPSA) is 90.0 Å². The second-order valence-corrected chi connectivity index (χ2v) is 7.62. The van der Waals surface area contributed by atoms with Crippen molar-refractivity contribution in [3.8, 4) is 0 Å². The molecule has 21 heavy (non-hydrogen) atoms. The predicted molar refractivity (Wildman–Crippen MR) is 85.5 cm³/mol. The van der Waals surface area contributed by atoms with E-state index in [0.29, 0.717) is 10.8 Å². The summed E-state index contributed by atoms with van der Waals surface area (Å²) in [7, 11) is -3.63. The summed E-state index contributed by atoms with van der Waals surface area (Å²) in [4.78, 5) is 4.54. The highest BCUT2D eigenvalue weighted by atomic mass is 32.2. The molecule has 1 heterocycles. The molecule has 0 aromatic carbocycles. The second kappa shape index (κ2) is 6.41. The number of imidazole rings is 1. The number of nitrogens with two attached hydrogens (primary N) is 1. The van der Waals surface area contributed by atoms with Gasteiger partial charge in [0.2, 0.25) is 0 Å². The van der Waals surface area contributed by atoms with Crippen LogP contribution in [0.25, 0.3) is 0 Å². The first-order valence-electron chi connectivity index (χ1n) is 7.20. The molecule has 3 N–H and O–H groups in total. The Morgan fingerprint density at radius 2 is 2.29 bits per heavy atom. The van der Waals surface area contributed by atoms with Crippen LogP contribution in [0.2, 0.25) is 0 Å². The first-order valence-corrected chi connectivity index (χ1v) is 9.09. The van der Waals surface area contributed by atoms with Crippen LogP contribution in [-0.4, -0.2) is 29.0 Å². The van der Waals surface area contributed by atoms with E-state index in [-0.39, 0.29) is 17.0 Å². The number of nitrogens with zero attached hydrogens (tertiary/aromatic N) is 2. The van der Waals surface area contributed by atoms with Crippen LogP contribution in [0.15, 0.2) is 11.2 Å². The quantitative estimate of drug-likeness (QED) is 0.768. The molecule has 0 spiro atoms. The first kappa shape index (κ1) is 16.4. The fourth-order valence-corrected chi connectivity index (χ4v) is 4.38. The van der Waals surface area contributed by atoms with Crippen LogP contribution in [0, 0.1) is 12.8 Å². The van der Waals surface area contributed by atoms with E-state index in [1.807, 2.05) is 18.4 Å². The average Bonchev–Trinajstić information content (AvgIpc) is 2.97. The van der Waals surface area contributed by atoms with Gasteiger partial charge in [0, 0.05) is 24.7 Å². The summed E-state index contributed by atoms with van der Waals surface area (Å²) >= 11 is 5.02. The minimum Gasteiger partial charge on any atom is -0.393 e. The summed E-state index contributed by atoms with van der Waals surface area (Å²) in [5.41, 5.74) is 5.69. The molecule has 2 atom stereocenters. The lowest BCUT2D eigenvalue weighted by atomic mass is 10.1. The van der Waals surface area contributed by atoms with Crippen molar-refractivity contribution >= 4 is 27.2 Å². The number of rotatable bonds is 6. The molecule has 1 aromatic heterocycles. The van der Waals surface area contributed by atoms with Gasteiger partial charge in [-0.25, -0.2) is 18.1 Å². The number of aryl methyl sites for hydroxylation is 2. The maximum Gasteiger partial charge on any atom is 0.259 e. The Kier molecular flexibility index (Phi) is 5.00. The molecular weight excluding hydrogens is 308 g/mol. The van der Waals surface area contributed by atoms with Crippen LogP contribution in [0.4, 0.5) is 0 Å². The third-order valence-electron chi connectivity index (χ3n) is 3.88. The molecule has 1 aliphatic carbocycles. The zero-order valence-electron chi connectivity index (χ0n) is 12.4. The third-order valence-corrected chi connectivity index (χ3v) is 5.54. The van der Waals surface area contributed by atoms with Gasteiger partial charge in [-0.15, -0.1) is 0 Å². The van der Waals surface area contributed by atoms with Gasteiger partial charge in [-0.3, -0.25) is 0 Å². The van der Waals surface area contributed by atoms with E-state index >= 15 is 0 Å². The Labute approximate surface area is 131 Å². The highest BCUT2D eigenvalue weighted by Gasteiger charge is 2.33. The van der Waals surface area contributed by atoms with Gasteiger partial charge in [0.1, 0.15) is 5.82 Å². The van der Waals surface area contributed by atoms with Crippen molar-refractivity contribution in [2.24, 2.45) is 11.7 Å². The van der Waals surface area contributed by atoms with Crippen molar-refractivity contribution in [3.05, 3.63) is 12.0 Å². The maximum absolute atomic E-state index is 12.5. The number of aromatic nitrogens is 2. The highest BCUT2D eigenvalue weighted by molar-refractivity contribution is 7.89. The number of nitrogens with one attached hydrogen (secondary N) is 1. The first-order chi connectivity index (χ1) is 9.85. The van der Waals surface area contributed by atoms with E-state index < -0.39 is 10.0 Å². The van der Waals surface area contributed by atoms with Crippen molar-refractivity contribution in [3.63, 3.8) is 0 Å². The summed E-state index contributed by atoms with van der Waals surface area (Å²) in [6.45, 7) is 4.60. The Morgan fingerprint density at radius 1 is 1.57 bits per heavy atom. The zero-order valence-corrected chi connectivity index (χ0v) is 14.0. The molecule has 118 valence electrons. The van der Waals surface area contributed by atoms with Crippen molar-refractivity contribution < 1.29 is 8.42 Å². The zero-order chi connectivity index (χ0) is 15.6. The third kappa shape index (κ3) is 3.61. The Morgan fingerprint density at radius 3 is 2.90 bits per heavy atom. The predicted octanol–water partition coefficient (Wildman–Crippen LogP) is 1.33. The molecule has 8 heteroatoms. The van der Waals surface area contributed by atoms with Crippen LogP contribution >= 0.6 is 12.2 Å². The van der Waals surface area contributed by atoms with Crippen molar-refractivity contribution in [2.45, 2.75) is 57.1 Å². The Bertz CT molecular complexity index is 624. The number of thiocarbonyl (C=S) groups is 1. The summed E-state index contributed by atoms with van der Waals surface area (Å²) in [5.74, 6) is 0.642. The normalized spacial score (nSPS) is 22.6. The molecule has 0 amide bonds. The summed E-state index contributed by atoms with van der Waals surface area (Å²) in [6.07, 6.45) is 5.04. The van der Waals surface area contributed by atoms with Crippen LogP contribution in [0.3, 0.4) is 0 Å². The summed E-state index contributed by atoms with van der Waals surface area (Å²) < 4.78 is 29.5. The molecule has 1 aromatic rings. The molecule has 0 radical (unpaired) electrons. The van der Waals surface area contributed by atoms with Crippen molar-refractivity contribution in [1.82, 2.24) is 14.3 Å². The van der Waals surface area contributed by atoms with Gasteiger partial charge in [0.05, 0.1) is 4.99 Å². The van der Waals surface area contributed by atoms with Gasteiger partial charge in [-0.1, -0.05) is 25.6 Å². The lowest BCUT2D eigenvalue weighted by Crippen LogP contribution is -2.41. The van der Waals surface area contributed by atoms with E-state index in [2.05, 4.69) is 9.71 Å². The van der Waals surface area contributed by atoms with Gasteiger partial charge in [0.25, 0.3) is 10.0 Å². The van der Waals surface area contributed by atoms with E-state index in [1.165, 1.54) is 0 Å². The molecular formula is C13H22N4O2S2. The van der Waals surface area contributed by atoms with Crippen LogP contribution in [-0.2, 0) is 16.6 Å². The lowest BCUT2D eigenvalue weighted by molar-refractivity contribution is 0.522. The minimum absolute atomic E-state index is 0.0615. The standard InChI is InChI=1S/C13H22N4O2S2/c1-3-7-17-8-12(15-9(17)2)21(18,19)16-11-6-4-5-10(11)13(14)20/h8,10-11,16H,3-7H2,1-2H3,(H2,14,20). The average molecular weight is 330 g/mol. The van der Waals surface area contributed by atoms with Gasteiger partial charge < -0.3 is 10.3 Å². The van der Waals surface area contributed by atoms with Crippen LogP contribution in [0.1, 0.15) is 38.4 Å². The van der Waals surface area contributed by atoms with Gasteiger partial charge >= 0.3 is 0 Å². The SMILES string of the molecule is CCCn1cc(S(=O)(=O)NC2CCCC2C(N)=S)nc1C. The van der Waals surface area contributed by atoms with E-state index in [4.69, 9.17) is 18.0 Å². The summed E-state index contributed by atoms with van der Waals surface area (Å²) in [6, 6.07) is -0.218. The number of hydrogen-bond acceptors (Lipinski definition) is 4. The molecule has 1 fully saturated rings. The van der Waals surface area contributed by atoms with Crippen LogP contribution in [0.5, 0.6) is 0 Å². The molecule has 0 saturated heterocycles. The molecule has 1 saturated carbocycles. The number of hydrogen-bond donors (Lipinski definition) is 2. The lowest BCUT2D eigenvalue weighted by Gasteiger charge is -2.19. The molecule has 2 rings (SSSR count). The fraction of sp³-hybridized carbons (Fsp3) is 0.692. The largest absolute Gasteiger partial charge is 0.393 e. The maximum atomic E-state index is 12.5. The van der Waals surface area contributed by atoms with Gasteiger partial charge in [-0.05, 0) is 26.2 Å². The van der Waals surface area contributed by atoms with E-state index in [0.717, 1.165) is 32.2 Å². The minimum atomic E-state index is -3.63. The fourth-order valence-electron chi connectivity index (χ4n) is 2.78. The van der Waals surface area contributed by atoms with E-state index in [1.54, 1.807) is 6.20 Å². The number of sulfonamides is 1. The summed E-state index contributed by atoms with van der Waals surface area (Å²) in [5, 5.41) is 0.0713. The van der Waals surface area contributed by atoms with Crippen molar-refractivity contribution in [1.29, 1.82) is 0 Å². The molecule has 6 nitrogen and oxygen atoms in total. The highest BCUT2D eigenvalue weighted by Crippen LogP contribution is 2.27. The van der Waals surface area contributed by atoms with E-state index in [9.17, 15) is 8.42 Å². The van der Waals surface area contributed by atoms with Crippen LogP contribution < -0.4 is 10.5 Å². The second-order valence-electron chi connectivity index (χ2n) is 5.49. The van der Waals surface area contributed by atoms with Gasteiger partial charge in [0.15, 0.2) is 5.03 Å². The molecule has 2 unspecified atom stereocenters. The smallest absolute Gasteiger partial charge is 0.259 e. The van der Waals surface area contributed by atoms with Gasteiger partial charge in [-0.2, -0.15) is 0 Å². The Balaban J connectivity index is 2.18.